The summed E-state index contributed by atoms with van der Waals surface area (Å²) in [4.78, 5) is 0. The van der Waals surface area contributed by atoms with Gasteiger partial charge in [0.25, 0.3) is 0 Å². The van der Waals surface area contributed by atoms with E-state index in [4.69, 9.17) is 9.15 Å². The highest BCUT2D eigenvalue weighted by Crippen LogP contribution is 2.16. The van der Waals surface area contributed by atoms with Gasteiger partial charge in [0.2, 0.25) is 0 Å². The third-order valence-electron chi connectivity index (χ3n) is 3.26. The first kappa shape index (κ1) is 15.6. The first-order valence-corrected chi connectivity index (χ1v) is 7.67. The molecule has 0 aliphatic rings. The topological polar surface area (TPSA) is 34.4 Å². The maximum absolute atomic E-state index is 5.78. The fourth-order valence-electron chi connectivity index (χ4n) is 2.09. The predicted octanol–water partition coefficient (Wildman–Crippen LogP) is 4.17. The van der Waals surface area contributed by atoms with Crippen molar-refractivity contribution in [3.8, 4) is 5.75 Å². The molecule has 3 heteroatoms. The molecule has 1 heterocycles. The summed E-state index contributed by atoms with van der Waals surface area (Å²) in [7, 11) is 0. The van der Waals surface area contributed by atoms with E-state index < -0.39 is 0 Å². The van der Waals surface area contributed by atoms with Gasteiger partial charge in [-0.15, -0.1) is 0 Å². The molecule has 3 nitrogen and oxygen atoms in total. The van der Waals surface area contributed by atoms with Gasteiger partial charge in [0, 0.05) is 0 Å². The van der Waals surface area contributed by atoms with Crippen LogP contribution in [-0.2, 0) is 19.6 Å². The average molecular weight is 287 g/mol. The zero-order chi connectivity index (χ0) is 15.1. The van der Waals surface area contributed by atoms with Crippen LogP contribution in [0.25, 0.3) is 0 Å². The van der Waals surface area contributed by atoms with Crippen molar-refractivity contribution in [2.24, 2.45) is 5.92 Å². The SMILES string of the molecule is CCc1cccc(OCc2ccc(CNCC(C)C)o2)c1. The summed E-state index contributed by atoms with van der Waals surface area (Å²) in [5.74, 6) is 3.36. The average Bonchev–Trinajstić information content (AvgIpc) is 2.93. The summed E-state index contributed by atoms with van der Waals surface area (Å²) in [6.07, 6.45) is 1.02. The van der Waals surface area contributed by atoms with Crippen LogP contribution in [0.15, 0.2) is 40.8 Å². The number of ether oxygens (including phenoxy) is 1. The molecule has 0 saturated heterocycles. The number of aryl methyl sites for hydroxylation is 1. The van der Waals surface area contributed by atoms with E-state index >= 15 is 0 Å². The molecule has 0 unspecified atom stereocenters. The van der Waals surface area contributed by atoms with Gasteiger partial charge in [0.15, 0.2) is 0 Å². The molecule has 1 aromatic heterocycles. The molecule has 0 aliphatic heterocycles. The number of hydrogen-bond acceptors (Lipinski definition) is 3. The largest absolute Gasteiger partial charge is 0.486 e. The number of hydrogen-bond donors (Lipinski definition) is 1. The van der Waals surface area contributed by atoms with Crippen molar-refractivity contribution in [2.75, 3.05) is 6.54 Å². The van der Waals surface area contributed by atoms with E-state index in [0.717, 1.165) is 36.8 Å². The third kappa shape index (κ3) is 5.27. The molecular formula is C18H25NO2. The molecule has 0 fully saturated rings. The maximum atomic E-state index is 5.78. The Kier molecular flexibility index (Phi) is 5.88. The summed E-state index contributed by atoms with van der Waals surface area (Å²) < 4.78 is 11.5. The Labute approximate surface area is 127 Å². The molecule has 0 atom stereocenters. The van der Waals surface area contributed by atoms with E-state index in [-0.39, 0.29) is 0 Å². The predicted molar refractivity (Wildman–Crippen MR) is 85.4 cm³/mol. The fourth-order valence-corrected chi connectivity index (χ4v) is 2.09. The summed E-state index contributed by atoms with van der Waals surface area (Å²) in [5, 5.41) is 3.37. The van der Waals surface area contributed by atoms with Crippen LogP contribution >= 0.6 is 0 Å². The minimum Gasteiger partial charge on any atom is -0.486 e. The molecule has 1 aromatic carbocycles. The van der Waals surface area contributed by atoms with Gasteiger partial charge in [-0.1, -0.05) is 32.9 Å². The Balaban J connectivity index is 1.82. The second-order valence-electron chi connectivity index (χ2n) is 5.68. The molecular weight excluding hydrogens is 262 g/mol. The number of benzene rings is 1. The molecule has 0 spiro atoms. The fraction of sp³-hybridized carbons (Fsp3) is 0.444. The molecule has 1 N–H and O–H groups in total. The van der Waals surface area contributed by atoms with E-state index in [1.165, 1.54) is 5.56 Å². The highest BCUT2D eigenvalue weighted by molar-refractivity contribution is 5.28. The van der Waals surface area contributed by atoms with Crippen molar-refractivity contribution in [3.63, 3.8) is 0 Å². The van der Waals surface area contributed by atoms with Crippen LogP contribution in [0.1, 0.15) is 37.9 Å². The van der Waals surface area contributed by atoms with Gasteiger partial charge in [0.05, 0.1) is 6.54 Å². The molecule has 0 aliphatic carbocycles. The Morgan fingerprint density at radius 2 is 1.95 bits per heavy atom. The van der Waals surface area contributed by atoms with E-state index in [2.05, 4.69) is 38.2 Å². The van der Waals surface area contributed by atoms with E-state index in [1.807, 2.05) is 24.3 Å². The summed E-state index contributed by atoms with van der Waals surface area (Å²) in [6, 6.07) is 12.2. The van der Waals surface area contributed by atoms with Crippen molar-refractivity contribution < 1.29 is 9.15 Å². The first-order valence-electron chi connectivity index (χ1n) is 7.67. The quantitative estimate of drug-likeness (QED) is 0.791. The lowest BCUT2D eigenvalue weighted by molar-refractivity contribution is 0.264. The lowest BCUT2D eigenvalue weighted by atomic mass is 10.2. The summed E-state index contributed by atoms with van der Waals surface area (Å²) in [6.45, 7) is 8.76. The number of rotatable bonds is 8. The van der Waals surface area contributed by atoms with Gasteiger partial charge >= 0.3 is 0 Å². The van der Waals surface area contributed by atoms with E-state index in [1.54, 1.807) is 0 Å². The highest BCUT2D eigenvalue weighted by atomic mass is 16.5. The highest BCUT2D eigenvalue weighted by Gasteiger charge is 2.04. The van der Waals surface area contributed by atoms with Crippen LogP contribution < -0.4 is 10.1 Å². The van der Waals surface area contributed by atoms with Crippen molar-refractivity contribution in [1.29, 1.82) is 0 Å². The van der Waals surface area contributed by atoms with Crippen LogP contribution in [-0.4, -0.2) is 6.54 Å². The minimum absolute atomic E-state index is 0.470. The van der Waals surface area contributed by atoms with Crippen LogP contribution in [0.4, 0.5) is 0 Å². The van der Waals surface area contributed by atoms with Crippen molar-refractivity contribution in [1.82, 2.24) is 5.32 Å². The van der Waals surface area contributed by atoms with Crippen molar-refractivity contribution in [2.45, 2.75) is 40.3 Å². The Morgan fingerprint density at radius 3 is 2.71 bits per heavy atom. The smallest absolute Gasteiger partial charge is 0.146 e. The Hall–Kier alpha value is -1.74. The number of furan rings is 1. The van der Waals surface area contributed by atoms with E-state index in [9.17, 15) is 0 Å². The molecule has 0 amide bonds. The number of nitrogens with one attached hydrogen (secondary N) is 1. The Bertz CT molecular complexity index is 546. The maximum Gasteiger partial charge on any atom is 0.146 e. The molecule has 0 radical (unpaired) electrons. The summed E-state index contributed by atoms with van der Waals surface area (Å²) >= 11 is 0. The van der Waals surface area contributed by atoms with Crippen molar-refractivity contribution in [3.05, 3.63) is 53.5 Å². The third-order valence-corrected chi connectivity index (χ3v) is 3.26. The van der Waals surface area contributed by atoms with Gasteiger partial charge in [0.1, 0.15) is 23.9 Å². The van der Waals surface area contributed by atoms with Gasteiger partial charge in [-0.25, -0.2) is 0 Å². The molecule has 114 valence electrons. The Morgan fingerprint density at radius 1 is 1.14 bits per heavy atom. The van der Waals surface area contributed by atoms with Crippen LogP contribution in [0.2, 0.25) is 0 Å². The van der Waals surface area contributed by atoms with Crippen LogP contribution in [0.3, 0.4) is 0 Å². The van der Waals surface area contributed by atoms with Gasteiger partial charge in [-0.3, -0.25) is 0 Å². The standard InChI is InChI=1S/C18H25NO2/c1-4-15-6-5-7-16(10-15)20-13-18-9-8-17(21-18)12-19-11-14(2)3/h5-10,14,19H,4,11-13H2,1-3H3. The lowest BCUT2D eigenvalue weighted by Crippen LogP contribution is -2.18. The lowest BCUT2D eigenvalue weighted by Gasteiger charge is -2.06. The van der Waals surface area contributed by atoms with Crippen LogP contribution in [0.5, 0.6) is 5.75 Å². The van der Waals surface area contributed by atoms with Crippen LogP contribution in [0, 0.1) is 5.92 Å². The molecule has 21 heavy (non-hydrogen) atoms. The first-order chi connectivity index (χ1) is 10.2. The zero-order valence-corrected chi connectivity index (χ0v) is 13.2. The molecule has 2 rings (SSSR count). The van der Waals surface area contributed by atoms with Crippen molar-refractivity contribution >= 4 is 0 Å². The second kappa shape index (κ2) is 7.89. The van der Waals surface area contributed by atoms with Gasteiger partial charge < -0.3 is 14.5 Å². The van der Waals surface area contributed by atoms with E-state index in [0.29, 0.717) is 12.5 Å². The molecule has 0 saturated carbocycles. The molecule has 0 bridgehead atoms. The summed E-state index contributed by atoms with van der Waals surface area (Å²) in [5.41, 5.74) is 1.28. The van der Waals surface area contributed by atoms with Gasteiger partial charge in [-0.2, -0.15) is 0 Å². The molecule has 2 aromatic rings. The normalized spacial score (nSPS) is 11.0. The second-order valence-corrected chi connectivity index (χ2v) is 5.68. The minimum atomic E-state index is 0.470. The monoisotopic (exact) mass is 287 g/mol. The van der Waals surface area contributed by atoms with Gasteiger partial charge in [-0.05, 0) is 48.7 Å². The zero-order valence-electron chi connectivity index (χ0n) is 13.2.